The van der Waals surface area contributed by atoms with Crippen molar-refractivity contribution >= 4 is 17.5 Å². The number of hydrogen-bond acceptors (Lipinski definition) is 2. The van der Waals surface area contributed by atoms with Crippen LogP contribution in [0.25, 0.3) is 0 Å². The van der Waals surface area contributed by atoms with Gasteiger partial charge in [0.2, 0.25) is 11.8 Å². The van der Waals surface area contributed by atoms with Crippen LogP contribution in [0.3, 0.4) is 0 Å². The molecule has 0 saturated carbocycles. The van der Waals surface area contributed by atoms with Crippen molar-refractivity contribution in [1.82, 2.24) is 5.32 Å². The highest BCUT2D eigenvalue weighted by Crippen LogP contribution is 2.20. The van der Waals surface area contributed by atoms with Crippen LogP contribution in [0.1, 0.15) is 30.5 Å². The van der Waals surface area contributed by atoms with E-state index in [4.69, 9.17) is 0 Å². The molecule has 0 spiro atoms. The SMILES string of the molecule is CCc1ccccc1N(CCNC(=O)Cc1ccccc1C)C(C)=O. The van der Waals surface area contributed by atoms with Gasteiger partial charge in [-0.1, -0.05) is 49.4 Å². The Hall–Kier alpha value is -2.62. The van der Waals surface area contributed by atoms with Crippen LogP contribution in [-0.4, -0.2) is 24.9 Å². The molecule has 4 nitrogen and oxygen atoms in total. The molecule has 0 aliphatic rings. The average Bonchev–Trinajstić information content (AvgIpc) is 2.60. The van der Waals surface area contributed by atoms with E-state index in [1.165, 1.54) is 0 Å². The minimum absolute atomic E-state index is 0.0194. The summed E-state index contributed by atoms with van der Waals surface area (Å²) in [4.78, 5) is 25.9. The highest BCUT2D eigenvalue weighted by molar-refractivity contribution is 5.92. The summed E-state index contributed by atoms with van der Waals surface area (Å²) in [5.41, 5.74) is 4.19. The average molecular weight is 338 g/mol. The third kappa shape index (κ3) is 5.18. The molecule has 0 unspecified atom stereocenters. The third-order valence-corrected chi connectivity index (χ3v) is 4.31. The zero-order valence-corrected chi connectivity index (χ0v) is 15.2. The normalized spacial score (nSPS) is 10.4. The largest absolute Gasteiger partial charge is 0.354 e. The van der Waals surface area contributed by atoms with Crippen LogP contribution >= 0.6 is 0 Å². The van der Waals surface area contributed by atoms with E-state index in [9.17, 15) is 9.59 Å². The molecule has 132 valence electrons. The number of benzene rings is 2. The number of amides is 2. The number of carbonyl (C=O) groups is 2. The molecule has 0 aromatic heterocycles. The van der Waals surface area contributed by atoms with Crippen LogP contribution < -0.4 is 10.2 Å². The van der Waals surface area contributed by atoms with E-state index in [2.05, 4.69) is 12.2 Å². The van der Waals surface area contributed by atoms with E-state index in [1.807, 2.05) is 55.5 Å². The molecule has 4 heteroatoms. The summed E-state index contributed by atoms with van der Waals surface area (Å²) in [7, 11) is 0. The summed E-state index contributed by atoms with van der Waals surface area (Å²) in [6.07, 6.45) is 1.22. The molecule has 2 aromatic rings. The lowest BCUT2D eigenvalue weighted by Gasteiger charge is -2.24. The van der Waals surface area contributed by atoms with Crippen molar-refractivity contribution in [2.75, 3.05) is 18.0 Å². The number of hydrogen-bond donors (Lipinski definition) is 1. The minimum Gasteiger partial charge on any atom is -0.354 e. The maximum Gasteiger partial charge on any atom is 0.224 e. The van der Waals surface area contributed by atoms with Crippen LogP contribution in [0, 0.1) is 6.92 Å². The summed E-state index contributed by atoms with van der Waals surface area (Å²) in [6.45, 7) is 6.53. The van der Waals surface area contributed by atoms with Crippen molar-refractivity contribution in [2.45, 2.75) is 33.6 Å². The van der Waals surface area contributed by atoms with Gasteiger partial charge in [0.05, 0.1) is 6.42 Å². The van der Waals surface area contributed by atoms with Gasteiger partial charge in [0, 0.05) is 25.7 Å². The minimum atomic E-state index is -0.0263. The molecule has 2 amide bonds. The quantitative estimate of drug-likeness (QED) is 0.842. The van der Waals surface area contributed by atoms with Gasteiger partial charge < -0.3 is 10.2 Å². The Morgan fingerprint density at radius 3 is 2.28 bits per heavy atom. The van der Waals surface area contributed by atoms with Crippen molar-refractivity contribution in [1.29, 1.82) is 0 Å². The molecule has 2 rings (SSSR count). The number of nitrogens with one attached hydrogen (secondary N) is 1. The number of rotatable bonds is 7. The Labute approximate surface area is 149 Å². The zero-order valence-electron chi connectivity index (χ0n) is 15.2. The van der Waals surface area contributed by atoms with Crippen molar-refractivity contribution in [3.63, 3.8) is 0 Å². The summed E-state index contributed by atoms with van der Waals surface area (Å²) in [5.74, 6) is -0.0457. The predicted molar refractivity (Wildman–Crippen MR) is 102 cm³/mol. The van der Waals surface area contributed by atoms with Crippen LogP contribution in [0.5, 0.6) is 0 Å². The van der Waals surface area contributed by atoms with Crippen LogP contribution in [0.2, 0.25) is 0 Å². The first-order valence-corrected chi connectivity index (χ1v) is 8.70. The van der Waals surface area contributed by atoms with Crippen molar-refractivity contribution < 1.29 is 9.59 Å². The zero-order chi connectivity index (χ0) is 18.2. The predicted octanol–water partition coefficient (Wildman–Crippen LogP) is 3.27. The van der Waals surface area contributed by atoms with Crippen LogP contribution in [0.4, 0.5) is 5.69 Å². The lowest BCUT2D eigenvalue weighted by atomic mass is 10.1. The first-order valence-electron chi connectivity index (χ1n) is 8.70. The summed E-state index contributed by atoms with van der Waals surface area (Å²) >= 11 is 0. The van der Waals surface area contributed by atoms with Gasteiger partial charge in [0.25, 0.3) is 0 Å². The number of aryl methyl sites for hydroxylation is 2. The molecule has 2 aromatic carbocycles. The van der Waals surface area contributed by atoms with E-state index in [1.54, 1.807) is 11.8 Å². The Morgan fingerprint density at radius 1 is 1.00 bits per heavy atom. The van der Waals surface area contributed by atoms with Gasteiger partial charge in [0.1, 0.15) is 0 Å². The molecule has 0 radical (unpaired) electrons. The molecule has 0 atom stereocenters. The lowest BCUT2D eigenvalue weighted by Crippen LogP contribution is -2.38. The van der Waals surface area contributed by atoms with Gasteiger partial charge in [-0.2, -0.15) is 0 Å². The molecular formula is C21H26N2O2. The number of nitrogens with zero attached hydrogens (tertiary/aromatic N) is 1. The molecule has 0 saturated heterocycles. The highest BCUT2D eigenvalue weighted by Gasteiger charge is 2.14. The first-order chi connectivity index (χ1) is 12.0. The van der Waals surface area contributed by atoms with Gasteiger partial charge in [-0.05, 0) is 36.1 Å². The molecular weight excluding hydrogens is 312 g/mol. The summed E-state index contributed by atoms with van der Waals surface area (Å²) in [6, 6.07) is 15.8. The van der Waals surface area contributed by atoms with Crippen molar-refractivity contribution in [3.05, 3.63) is 65.2 Å². The Balaban J connectivity index is 1.95. The molecule has 1 N–H and O–H groups in total. The molecule has 0 aliphatic carbocycles. The van der Waals surface area contributed by atoms with Gasteiger partial charge in [0.15, 0.2) is 0 Å². The number of carbonyl (C=O) groups excluding carboxylic acids is 2. The smallest absolute Gasteiger partial charge is 0.224 e. The maximum atomic E-state index is 12.2. The number of para-hydroxylation sites is 1. The second kappa shape index (κ2) is 9.02. The fourth-order valence-corrected chi connectivity index (χ4v) is 2.87. The molecule has 0 fully saturated rings. The van der Waals surface area contributed by atoms with E-state index in [0.717, 1.165) is 28.8 Å². The van der Waals surface area contributed by atoms with Crippen LogP contribution in [0.15, 0.2) is 48.5 Å². The van der Waals surface area contributed by atoms with Gasteiger partial charge in [-0.25, -0.2) is 0 Å². The topological polar surface area (TPSA) is 49.4 Å². The first kappa shape index (κ1) is 18.7. The Kier molecular flexibility index (Phi) is 6.75. The second-order valence-corrected chi connectivity index (χ2v) is 6.11. The van der Waals surface area contributed by atoms with Gasteiger partial charge in [-0.15, -0.1) is 0 Å². The lowest BCUT2D eigenvalue weighted by molar-refractivity contribution is -0.121. The maximum absolute atomic E-state index is 12.2. The van der Waals surface area contributed by atoms with E-state index >= 15 is 0 Å². The van der Waals surface area contributed by atoms with Crippen molar-refractivity contribution in [2.24, 2.45) is 0 Å². The van der Waals surface area contributed by atoms with Crippen LogP contribution in [-0.2, 0) is 22.4 Å². The van der Waals surface area contributed by atoms with E-state index in [-0.39, 0.29) is 11.8 Å². The molecule has 0 aliphatic heterocycles. The van der Waals surface area contributed by atoms with Crippen molar-refractivity contribution in [3.8, 4) is 0 Å². The Bertz CT molecular complexity index is 740. The fraction of sp³-hybridized carbons (Fsp3) is 0.333. The fourth-order valence-electron chi connectivity index (χ4n) is 2.87. The summed E-state index contributed by atoms with van der Waals surface area (Å²) in [5, 5.41) is 2.92. The third-order valence-electron chi connectivity index (χ3n) is 4.31. The molecule has 25 heavy (non-hydrogen) atoms. The van der Waals surface area contributed by atoms with E-state index < -0.39 is 0 Å². The molecule has 0 heterocycles. The number of anilines is 1. The highest BCUT2D eigenvalue weighted by atomic mass is 16.2. The standard InChI is InChI=1S/C21H26N2O2/c1-4-18-10-7-8-12-20(18)23(17(3)24)14-13-22-21(25)15-19-11-6-5-9-16(19)2/h5-12H,4,13-15H2,1-3H3,(H,22,25). The van der Waals surface area contributed by atoms with Gasteiger partial charge >= 0.3 is 0 Å². The Morgan fingerprint density at radius 2 is 1.64 bits per heavy atom. The molecule has 0 bridgehead atoms. The second-order valence-electron chi connectivity index (χ2n) is 6.11. The summed E-state index contributed by atoms with van der Waals surface area (Å²) < 4.78 is 0. The van der Waals surface area contributed by atoms with E-state index in [0.29, 0.717) is 19.5 Å². The van der Waals surface area contributed by atoms with Gasteiger partial charge in [-0.3, -0.25) is 9.59 Å². The monoisotopic (exact) mass is 338 g/mol.